The van der Waals surface area contributed by atoms with Crippen LogP contribution in [0.3, 0.4) is 0 Å². The molecule has 0 saturated heterocycles. The van der Waals surface area contributed by atoms with Crippen LogP contribution in [0.15, 0.2) is 46.8 Å². The Kier molecular flexibility index (Phi) is 6.12. The largest absolute Gasteiger partial charge is 0.481 e. The molecule has 1 aromatic carbocycles. The van der Waals surface area contributed by atoms with E-state index in [1.807, 2.05) is 34.9 Å². The number of imidazole rings is 1. The van der Waals surface area contributed by atoms with Gasteiger partial charge in [0.25, 0.3) is 0 Å². The summed E-state index contributed by atoms with van der Waals surface area (Å²) in [6.45, 7) is 0.553. The van der Waals surface area contributed by atoms with Crippen LogP contribution in [0.2, 0.25) is 0 Å². The molecule has 0 radical (unpaired) electrons. The van der Waals surface area contributed by atoms with Crippen LogP contribution in [0, 0.1) is 0 Å². The van der Waals surface area contributed by atoms with E-state index >= 15 is 0 Å². The molecule has 9 heteroatoms. The normalized spacial score (nSPS) is 10.8. The van der Waals surface area contributed by atoms with Crippen molar-refractivity contribution in [3.63, 3.8) is 0 Å². The Hall–Kier alpha value is -2.39. The molecule has 7 nitrogen and oxygen atoms in total. The number of rotatable bonds is 7. The fourth-order valence-electron chi connectivity index (χ4n) is 1.80. The van der Waals surface area contributed by atoms with Crippen LogP contribution in [0.4, 0.5) is 0 Å². The van der Waals surface area contributed by atoms with Gasteiger partial charge in [-0.2, -0.15) is 5.10 Å². The summed E-state index contributed by atoms with van der Waals surface area (Å²) in [6.07, 6.45) is 3.16. The average Bonchev–Trinajstić information content (AvgIpc) is 2.88. The molecule has 120 valence electrons. The summed E-state index contributed by atoms with van der Waals surface area (Å²) in [4.78, 5) is 15.0. The van der Waals surface area contributed by atoms with Gasteiger partial charge in [0, 0.05) is 0 Å². The third kappa shape index (κ3) is 5.38. The van der Waals surface area contributed by atoms with E-state index in [0.717, 1.165) is 17.3 Å². The lowest BCUT2D eigenvalue weighted by atomic mass is 10.2. The van der Waals surface area contributed by atoms with Crippen LogP contribution in [0.5, 0.6) is 0 Å². The molecule has 0 bridgehead atoms. The van der Waals surface area contributed by atoms with Crippen molar-refractivity contribution < 1.29 is 9.90 Å². The zero-order valence-electron chi connectivity index (χ0n) is 12.0. The lowest BCUT2D eigenvalue weighted by molar-refractivity contribution is -0.133. The fraction of sp³-hybridized carbons (Fsp3) is 0.143. The highest BCUT2D eigenvalue weighted by Crippen LogP contribution is 2.19. The van der Waals surface area contributed by atoms with Gasteiger partial charge in [-0.15, -0.1) is 0 Å². The minimum absolute atomic E-state index is 0.0620. The minimum Gasteiger partial charge on any atom is -0.481 e. The molecule has 0 amide bonds. The smallest absolute Gasteiger partial charge is 0.313 e. The second-order valence-electron chi connectivity index (χ2n) is 4.45. The standard InChI is InChI=1S/C14H15N5O2S2/c15-13(22)18-17-7-11-6-16-14(23-9-12(20)21)19(11)8-10-4-2-1-3-5-10/h1-7H,8-9H2,(H,20,21)(H3,15,18,22)/b17-7+. The number of carbonyl (C=O) groups is 1. The topological polar surface area (TPSA) is 106 Å². The molecule has 0 saturated carbocycles. The zero-order chi connectivity index (χ0) is 16.7. The van der Waals surface area contributed by atoms with Crippen molar-refractivity contribution in [2.24, 2.45) is 10.8 Å². The van der Waals surface area contributed by atoms with E-state index in [1.54, 1.807) is 12.4 Å². The van der Waals surface area contributed by atoms with Gasteiger partial charge in [0.2, 0.25) is 0 Å². The summed E-state index contributed by atoms with van der Waals surface area (Å²) in [6, 6.07) is 9.79. The molecule has 0 aliphatic carbocycles. The molecule has 2 rings (SSSR count). The van der Waals surface area contributed by atoms with Crippen molar-refractivity contribution in [1.29, 1.82) is 0 Å². The Morgan fingerprint density at radius 1 is 1.48 bits per heavy atom. The quantitative estimate of drug-likeness (QED) is 0.299. The predicted octanol–water partition coefficient (Wildman–Crippen LogP) is 1.28. The predicted molar refractivity (Wildman–Crippen MR) is 93.6 cm³/mol. The van der Waals surface area contributed by atoms with Gasteiger partial charge < -0.3 is 15.4 Å². The van der Waals surface area contributed by atoms with E-state index in [4.69, 9.17) is 10.8 Å². The molecule has 0 spiro atoms. The first-order chi connectivity index (χ1) is 11.1. The number of thioether (sulfide) groups is 1. The molecule has 0 fully saturated rings. The van der Waals surface area contributed by atoms with E-state index < -0.39 is 5.97 Å². The number of nitrogens with one attached hydrogen (secondary N) is 1. The molecule has 0 aliphatic heterocycles. The summed E-state index contributed by atoms with van der Waals surface area (Å²) in [5, 5.41) is 13.4. The van der Waals surface area contributed by atoms with Gasteiger partial charge in [-0.1, -0.05) is 42.1 Å². The summed E-state index contributed by atoms with van der Waals surface area (Å²) in [7, 11) is 0. The van der Waals surface area contributed by atoms with E-state index in [9.17, 15) is 4.79 Å². The van der Waals surface area contributed by atoms with E-state index in [0.29, 0.717) is 17.4 Å². The van der Waals surface area contributed by atoms with Crippen LogP contribution >= 0.6 is 24.0 Å². The third-order valence-electron chi connectivity index (χ3n) is 2.73. The van der Waals surface area contributed by atoms with Gasteiger partial charge in [-0.05, 0) is 17.8 Å². The van der Waals surface area contributed by atoms with Gasteiger partial charge in [0.1, 0.15) is 0 Å². The zero-order valence-corrected chi connectivity index (χ0v) is 13.7. The van der Waals surface area contributed by atoms with Crippen LogP contribution in [-0.4, -0.2) is 37.7 Å². The highest BCUT2D eigenvalue weighted by Gasteiger charge is 2.11. The third-order valence-corrected chi connectivity index (χ3v) is 3.80. The summed E-state index contributed by atoms with van der Waals surface area (Å²) in [5.74, 6) is -0.956. The average molecular weight is 349 g/mol. The molecule has 0 unspecified atom stereocenters. The minimum atomic E-state index is -0.894. The van der Waals surface area contributed by atoms with E-state index in [2.05, 4.69) is 27.7 Å². The summed E-state index contributed by atoms with van der Waals surface area (Å²) >= 11 is 5.84. The number of nitrogens with zero attached hydrogens (tertiary/aromatic N) is 3. The first-order valence-electron chi connectivity index (χ1n) is 6.59. The number of hydrogen-bond acceptors (Lipinski definition) is 5. The molecule has 23 heavy (non-hydrogen) atoms. The molecule has 4 N–H and O–H groups in total. The highest BCUT2D eigenvalue weighted by atomic mass is 32.2. The Labute approximate surface area is 142 Å². The molecule has 0 aliphatic rings. The first kappa shape index (κ1) is 17.0. The van der Waals surface area contributed by atoms with Gasteiger partial charge in [-0.3, -0.25) is 10.2 Å². The van der Waals surface area contributed by atoms with Crippen LogP contribution in [0.25, 0.3) is 0 Å². The summed E-state index contributed by atoms with van der Waals surface area (Å²) < 4.78 is 1.88. The van der Waals surface area contributed by atoms with Crippen LogP contribution in [-0.2, 0) is 11.3 Å². The fourth-order valence-corrected chi connectivity index (χ4v) is 2.56. The van der Waals surface area contributed by atoms with Crippen molar-refractivity contribution in [1.82, 2.24) is 15.0 Å². The monoisotopic (exact) mass is 349 g/mol. The number of nitrogens with two attached hydrogens (primary N) is 1. The van der Waals surface area contributed by atoms with Crippen molar-refractivity contribution >= 4 is 41.3 Å². The number of thiocarbonyl (C=S) groups is 1. The number of aromatic nitrogens is 2. The second kappa shape index (κ2) is 8.30. The molecule has 1 aromatic heterocycles. The van der Waals surface area contributed by atoms with Gasteiger partial charge in [0.15, 0.2) is 10.3 Å². The maximum atomic E-state index is 10.8. The number of hydrogen-bond donors (Lipinski definition) is 3. The number of benzene rings is 1. The van der Waals surface area contributed by atoms with Gasteiger partial charge in [-0.25, -0.2) is 4.98 Å². The van der Waals surface area contributed by atoms with Crippen LogP contribution in [0.1, 0.15) is 11.3 Å². The lowest BCUT2D eigenvalue weighted by Crippen LogP contribution is -2.24. The Morgan fingerprint density at radius 3 is 2.87 bits per heavy atom. The van der Waals surface area contributed by atoms with Crippen molar-refractivity contribution in [3.8, 4) is 0 Å². The number of carboxylic acids is 1. The van der Waals surface area contributed by atoms with Crippen LogP contribution < -0.4 is 11.2 Å². The maximum Gasteiger partial charge on any atom is 0.313 e. The molecule has 2 aromatic rings. The van der Waals surface area contributed by atoms with Crippen molar-refractivity contribution in [2.75, 3.05) is 5.75 Å². The van der Waals surface area contributed by atoms with E-state index in [-0.39, 0.29) is 10.9 Å². The molecular weight excluding hydrogens is 334 g/mol. The molecule has 0 atom stereocenters. The first-order valence-corrected chi connectivity index (χ1v) is 7.98. The Morgan fingerprint density at radius 2 is 2.22 bits per heavy atom. The number of hydrazone groups is 1. The highest BCUT2D eigenvalue weighted by molar-refractivity contribution is 7.99. The van der Waals surface area contributed by atoms with Crippen molar-refractivity contribution in [3.05, 3.63) is 47.8 Å². The van der Waals surface area contributed by atoms with Gasteiger partial charge in [0.05, 0.1) is 30.4 Å². The SMILES string of the molecule is NC(=S)N/N=C/c1cnc(SCC(=O)O)n1Cc1ccccc1. The molecule has 1 heterocycles. The lowest BCUT2D eigenvalue weighted by Gasteiger charge is -2.09. The van der Waals surface area contributed by atoms with Crippen molar-refractivity contribution in [2.45, 2.75) is 11.7 Å². The van der Waals surface area contributed by atoms with Gasteiger partial charge >= 0.3 is 5.97 Å². The summed E-state index contributed by atoms with van der Waals surface area (Å²) in [5.41, 5.74) is 9.58. The Bertz CT molecular complexity index is 715. The Balaban J connectivity index is 2.25. The number of aliphatic carboxylic acids is 1. The van der Waals surface area contributed by atoms with E-state index in [1.165, 1.54) is 0 Å². The maximum absolute atomic E-state index is 10.8. The second-order valence-corrected chi connectivity index (χ2v) is 5.84. The molecular formula is C14H15N5O2S2. The number of carboxylic acid groups (broad SMARTS) is 1.